The average molecular weight is 233 g/mol. The summed E-state index contributed by atoms with van der Waals surface area (Å²) in [7, 11) is 0. The molecule has 0 saturated carbocycles. The topological polar surface area (TPSA) is 42.2 Å². The van der Waals surface area contributed by atoms with Crippen LogP contribution in [0.3, 0.4) is 0 Å². The maximum Gasteiger partial charge on any atom is 0.243 e. The molecule has 1 aromatic carbocycles. The summed E-state index contributed by atoms with van der Waals surface area (Å²) in [6.07, 6.45) is 1.18. The van der Waals surface area contributed by atoms with Gasteiger partial charge in [-0.25, -0.2) is 4.39 Å². The number of rotatable bonds is 3. The molecule has 0 aliphatic carbocycles. The van der Waals surface area contributed by atoms with Gasteiger partial charge >= 0.3 is 0 Å². The Morgan fingerprint density at radius 1 is 1.59 bits per heavy atom. The molecule has 1 heterocycles. The van der Waals surface area contributed by atoms with E-state index in [1.54, 1.807) is 25.1 Å². The number of carbonyl (C=O) groups excluding carboxylic acids is 1. The SMILES string of the molecule is C=CC(=O)NC(C)c1cc2cccc(F)c2o1. The highest BCUT2D eigenvalue weighted by Crippen LogP contribution is 2.25. The van der Waals surface area contributed by atoms with E-state index in [1.165, 1.54) is 12.1 Å². The van der Waals surface area contributed by atoms with Crippen LogP contribution in [0.4, 0.5) is 4.39 Å². The predicted molar refractivity (Wildman–Crippen MR) is 62.9 cm³/mol. The molecular weight excluding hydrogens is 221 g/mol. The molecule has 2 rings (SSSR count). The summed E-state index contributed by atoms with van der Waals surface area (Å²) in [5, 5.41) is 3.33. The van der Waals surface area contributed by atoms with Crippen molar-refractivity contribution < 1.29 is 13.6 Å². The van der Waals surface area contributed by atoms with Crippen LogP contribution >= 0.6 is 0 Å². The Morgan fingerprint density at radius 3 is 3.00 bits per heavy atom. The molecule has 4 heteroatoms. The van der Waals surface area contributed by atoms with E-state index in [0.717, 1.165) is 0 Å². The minimum atomic E-state index is -0.406. The largest absolute Gasteiger partial charge is 0.456 e. The molecule has 1 unspecified atom stereocenters. The number of furan rings is 1. The summed E-state index contributed by atoms with van der Waals surface area (Å²) in [6, 6.07) is 6.10. The zero-order valence-corrected chi connectivity index (χ0v) is 9.37. The maximum atomic E-state index is 13.4. The average Bonchev–Trinajstić information content (AvgIpc) is 2.74. The van der Waals surface area contributed by atoms with E-state index in [2.05, 4.69) is 11.9 Å². The molecule has 0 radical (unpaired) electrons. The first kappa shape index (κ1) is 11.4. The highest BCUT2D eigenvalue weighted by Gasteiger charge is 2.14. The number of nitrogens with one attached hydrogen (secondary N) is 1. The first-order chi connectivity index (χ1) is 8.11. The van der Waals surface area contributed by atoms with Gasteiger partial charge < -0.3 is 9.73 Å². The van der Waals surface area contributed by atoms with Gasteiger partial charge in [0.1, 0.15) is 5.76 Å². The summed E-state index contributed by atoms with van der Waals surface area (Å²) in [6.45, 7) is 5.12. The molecule has 1 aromatic heterocycles. The van der Waals surface area contributed by atoms with E-state index in [9.17, 15) is 9.18 Å². The third kappa shape index (κ3) is 2.20. The van der Waals surface area contributed by atoms with Crippen molar-refractivity contribution in [3.63, 3.8) is 0 Å². The van der Waals surface area contributed by atoms with Gasteiger partial charge in [0.25, 0.3) is 0 Å². The lowest BCUT2D eigenvalue weighted by atomic mass is 10.2. The molecule has 2 aromatic rings. The van der Waals surface area contributed by atoms with Gasteiger partial charge in [-0.2, -0.15) is 0 Å². The van der Waals surface area contributed by atoms with Gasteiger partial charge in [-0.05, 0) is 25.1 Å². The van der Waals surface area contributed by atoms with Crippen LogP contribution in [0.2, 0.25) is 0 Å². The van der Waals surface area contributed by atoms with E-state index in [4.69, 9.17) is 4.42 Å². The Kier molecular flexibility index (Phi) is 2.95. The number of para-hydroxylation sites is 1. The van der Waals surface area contributed by atoms with E-state index in [-0.39, 0.29) is 17.5 Å². The minimum absolute atomic E-state index is 0.210. The van der Waals surface area contributed by atoms with Crippen molar-refractivity contribution in [2.75, 3.05) is 0 Å². The second-order valence-electron chi connectivity index (χ2n) is 3.74. The molecular formula is C13H12FNO2. The van der Waals surface area contributed by atoms with Crippen LogP contribution in [0.1, 0.15) is 18.7 Å². The molecule has 3 nitrogen and oxygen atoms in total. The summed E-state index contributed by atoms with van der Waals surface area (Å²) < 4.78 is 18.8. The molecule has 0 aliphatic rings. The van der Waals surface area contributed by atoms with Crippen molar-refractivity contribution in [1.82, 2.24) is 5.32 Å². The smallest absolute Gasteiger partial charge is 0.243 e. The summed E-state index contributed by atoms with van der Waals surface area (Å²) in [5.74, 6) is -0.185. The van der Waals surface area contributed by atoms with Gasteiger partial charge in [-0.15, -0.1) is 0 Å². The number of hydrogen-bond donors (Lipinski definition) is 1. The zero-order valence-electron chi connectivity index (χ0n) is 9.37. The Balaban J connectivity index is 2.33. The molecule has 0 aliphatic heterocycles. The van der Waals surface area contributed by atoms with Crippen LogP contribution in [-0.4, -0.2) is 5.91 Å². The number of benzene rings is 1. The number of fused-ring (bicyclic) bond motifs is 1. The lowest BCUT2D eigenvalue weighted by Gasteiger charge is -2.08. The monoisotopic (exact) mass is 233 g/mol. The van der Waals surface area contributed by atoms with Crippen LogP contribution < -0.4 is 5.32 Å². The number of amides is 1. The lowest BCUT2D eigenvalue weighted by molar-refractivity contribution is -0.117. The maximum absolute atomic E-state index is 13.4. The van der Waals surface area contributed by atoms with E-state index < -0.39 is 5.82 Å². The number of hydrogen-bond acceptors (Lipinski definition) is 2. The van der Waals surface area contributed by atoms with Crippen LogP contribution in [-0.2, 0) is 4.79 Å². The molecule has 0 spiro atoms. The number of carbonyl (C=O) groups is 1. The lowest BCUT2D eigenvalue weighted by Crippen LogP contribution is -2.23. The quantitative estimate of drug-likeness (QED) is 0.828. The zero-order chi connectivity index (χ0) is 12.4. The van der Waals surface area contributed by atoms with Gasteiger partial charge in [0, 0.05) is 5.39 Å². The molecule has 1 N–H and O–H groups in total. The van der Waals surface area contributed by atoms with Crippen molar-refractivity contribution in [3.05, 3.63) is 48.5 Å². The first-order valence-electron chi connectivity index (χ1n) is 5.22. The van der Waals surface area contributed by atoms with Crippen LogP contribution in [0.25, 0.3) is 11.0 Å². The second kappa shape index (κ2) is 4.41. The Hall–Kier alpha value is -2.10. The fourth-order valence-corrected chi connectivity index (χ4v) is 1.60. The molecule has 1 atom stereocenters. The third-order valence-electron chi connectivity index (χ3n) is 2.49. The van der Waals surface area contributed by atoms with Crippen LogP contribution in [0.5, 0.6) is 0 Å². The van der Waals surface area contributed by atoms with E-state index in [1.807, 2.05) is 0 Å². The van der Waals surface area contributed by atoms with Crippen molar-refractivity contribution in [2.24, 2.45) is 0 Å². The Morgan fingerprint density at radius 2 is 2.35 bits per heavy atom. The third-order valence-corrected chi connectivity index (χ3v) is 2.49. The molecule has 1 amide bonds. The van der Waals surface area contributed by atoms with Crippen molar-refractivity contribution in [1.29, 1.82) is 0 Å². The van der Waals surface area contributed by atoms with Crippen LogP contribution in [0.15, 0.2) is 41.3 Å². The normalized spacial score (nSPS) is 12.4. The van der Waals surface area contributed by atoms with Crippen LogP contribution in [0, 0.1) is 5.82 Å². The fourth-order valence-electron chi connectivity index (χ4n) is 1.60. The highest BCUT2D eigenvalue weighted by atomic mass is 19.1. The second-order valence-corrected chi connectivity index (χ2v) is 3.74. The van der Waals surface area contributed by atoms with E-state index in [0.29, 0.717) is 11.1 Å². The van der Waals surface area contributed by atoms with Gasteiger partial charge in [0.2, 0.25) is 5.91 Å². The van der Waals surface area contributed by atoms with E-state index >= 15 is 0 Å². The predicted octanol–water partition coefficient (Wildman–Crippen LogP) is 2.94. The highest BCUT2D eigenvalue weighted by molar-refractivity contribution is 5.87. The Labute approximate surface area is 97.9 Å². The van der Waals surface area contributed by atoms with Crippen molar-refractivity contribution in [2.45, 2.75) is 13.0 Å². The first-order valence-corrected chi connectivity index (χ1v) is 5.22. The van der Waals surface area contributed by atoms with Gasteiger partial charge in [0.15, 0.2) is 11.4 Å². The standard InChI is InChI=1S/C13H12FNO2/c1-3-12(16)15-8(2)11-7-9-5-4-6-10(14)13(9)17-11/h3-8H,1H2,2H3,(H,15,16). The molecule has 0 saturated heterocycles. The molecule has 0 bridgehead atoms. The van der Waals surface area contributed by atoms with Crippen molar-refractivity contribution in [3.8, 4) is 0 Å². The summed E-state index contributed by atoms with van der Waals surface area (Å²) in [4.78, 5) is 11.1. The Bertz CT molecular complexity index is 574. The molecule has 0 fully saturated rings. The van der Waals surface area contributed by atoms with Gasteiger partial charge in [-0.1, -0.05) is 18.7 Å². The van der Waals surface area contributed by atoms with Crippen molar-refractivity contribution >= 4 is 16.9 Å². The molecule has 88 valence electrons. The summed E-state index contributed by atoms with van der Waals surface area (Å²) >= 11 is 0. The van der Waals surface area contributed by atoms with Gasteiger partial charge in [0.05, 0.1) is 6.04 Å². The fraction of sp³-hybridized carbons (Fsp3) is 0.154. The number of halogens is 1. The van der Waals surface area contributed by atoms with Gasteiger partial charge in [-0.3, -0.25) is 4.79 Å². The summed E-state index contributed by atoms with van der Waals surface area (Å²) in [5.41, 5.74) is 0.210. The minimum Gasteiger partial charge on any atom is -0.456 e. The molecule has 17 heavy (non-hydrogen) atoms.